The smallest absolute Gasteiger partial charge is 0.337 e. The van der Waals surface area contributed by atoms with E-state index in [2.05, 4.69) is 10.3 Å². The molecule has 3 N–H and O–H groups in total. The predicted molar refractivity (Wildman–Crippen MR) is 154 cm³/mol. The van der Waals surface area contributed by atoms with Crippen LogP contribution < -0.4 is 27.0 Å². The van der Waals surface area contributed by atoms with Gasteiger partial charge in [0.25, 0.3) is 5.56 Å². The maximum Gasteiger partial charge on any atom is 0.337 e. The second-order valence-electron chi connectivity index (χ2n) is 9.37. The summed E-state index contributed by atoms with van der Waals surface area (Å²) in [6.07, 6.45) is 0.512. The van der Waals surface area contributed by atoms with Gasteiger partial charge in [-0.15, -0.1) is 0 Å². The lowest BCUT2D eigenvalue weighted by atomic mass is 10.1. The Morgan fingerprint density at radius 1 is 1.02 bits per heavy atom. The predicted octanol–water partition coefficient (Wildman–Crippen LogP) is 3.31. The Morgan fingerprint density at radius 2 is 1.67 bits per heavy atom. The fraction of sp³-hybridized carbons (Fsp3) is 0.172. The number of hydrogen-bond acceptors (Lipinski definition) is 7. The van der Waals surface area contributed by atoms with Crippen LogP contribution in [0.3, 0.4) is 0 Å². The number of nitrogens with zero attached hydrogens (tertiary/aromatic N) is 4. The lowest BCUT2D eigenvalue weighted by Gasteiger charge is -2.20. The number of rotatable bonds is 10. The number of halogens is 3. The summed E-state index contributed by atoms with van der Waals surface area (Å²) < 4.78 is 51.1. The van der Waals surface area contributed by atoms with Gasteiger partial charge in [0.15, 0.2) is 11.6 Å². The van der Waals surface area contributed by atoms with Crippen LogP contribution in [0.2, 0.25) is 0 Å². The first-order valence-corrected chi connectivity index (χ1v) is 12.5. The molecule has 1 heterocycles. The number of nitrogens with one attached hydrogen (secondary N) is 1. The molecule has 4 aromatic rings. The average molecular weight is 581 g/mol. The molecule has 1 aromatic heterocycles. The van der Waals surface area contributed by atoms with Crippen LogP contribution in [-0.4, -0.2) is 53.9 Å². The number of hydrogen-bond donors (Lipinski definition) is 2. The van der Waals surface area contributed by atoms with Gasteiger partial charge in [-0.05, 0) is 62.6 Å². The number of aromatic nitrogens is 2. The van der Waals surface area contributed by atoms with Crippen LogP contribution >= 0.6 is 0 Å². The molecule has 0 bridgehead atoms. The van der Waals surface area contributed by atoms with E-state index in [1.54, 1.807) is 43.3 Å². The van der Waals surface area contributed by atoms with E-state index in [-0.39, 0.29) is 23.6 Å². The number of aliphatic imine (C=N–C) groups is 1. The van der Waals surface area contributed by atoms with Crippen molar-refractivity contribution >= 4 is 29.3 Å². The standard InChI is InChI=1S/C29H27F3N6O4/c1-36(2)15-22(35-18-12-10-17(11-13-18)34-16-39)25-27(33)37(14-19-20(30)6-4-7-21(19)31)29(41)38(28(25)40)23-8-5-9-24(42-3)26(23)32/h4-13,16H,14-15,33H2,1-3H3,(H,34,39). The topological polar surface area (TPSA) is 124 Å². The SMILES string of the molecule is COc1cccc(-n2c(=O)c(C(CN(C)C)=Nc3ccc(NC=O)cc3)c(N)n(Cc3c(F)cccc3F)c2=O)c1F. The van der Waals surface area contributed by atoms with Crippen LogP contribution in [0.1, 0.15) is 11.1 Å². The Balaban J connectivity index is 2.07. The van der Waals surface area contributed by atoms with Crippen molar-refractivity contribution in [3.8, 4) is 11.4 Å². The van der Waals surface area contributed by atoms with Gasteiger partial charge < -0.3 is 20.7 Å². The Morgan fingerprint density at radius 3 is 2.26 bits per heavy atom. The van der Waals surface area contributed by atoms with Gasteiger partial charge in [0.2, 0.25) is 6.41 Å². The highest BCUT2D eigenvalue weighted by Crippen LogP contribution is 2.24. The summed E-state index contributed by atoms with van der Waals surface area (Å²) in [5.74, 6) is -3.57. The van der Waals surface area contributed by atoms with E-state index in [9.17, 15) is 23.2 Å². The number of benzene rings is 3. The molecule has 1 amide bonds. The molecule has 0 fully saturated rings. The van der Waals surface area contributed by atoms with Gasteiger partial charge in [-0.3, -0.25) is 19.1 Å². The van der Waals surface area contributed by atoms with E-state index in [1.807, 2.05) is 0 Å². The third-order valence-corrected chi connectivity index (χ3v) is 6.28. The highest BCUT2D eigenvalue weighted by molar-refractivity contribution is 6.06. The van der Waals surface area contributed by atoms with E-state index >= 15 is 4.39 Å². The van der Waals surface area contributed by atoms with Gasteiger partial charge in [-0.1, -0.05) is 12.1 Å². The van der Waals surface area contributed by atoms with Gasteiger partial charge in [0.1, 0.15) is 23.0 Å². The monoisotopic (exact) mass is 580 g/mol. The van der Waals surface area contributed by atoms with Gasteiger partial charge in [-0.25, -0.2) is 22.5 Å². The molecule has 0 radical (unpaired) electrons. The molecule has 0 aliphatic rings. The van der Waals surface area contributed by atoms with Crippen molar-refractivity contribution in [3.05, 3.63) is 110 Å². The average Bonchev–Trinajstić information content (AvgIpc) is 2.94. The van der Waals surface area contributed by atoms with Crippen LogP contribution in [-0.2, 0) is 11.3 Å². The third kappa shape index (κ3) is 5.95. The zero-order chi connectivity index (χ0) is 30.6. The fourth-order valence-electron chi connectivity index (χ4n) is 4.30. The number of carbonyl (C=O) groups is 1. The molecule has 3 aromatic carbocycles. The summed E-state index contributed by atoms with van der Waals surface area (Å²) in [4.78, 5) is 44.8. The number of nitrogens with two attached hydrogens (primary N) is 1. The van der Waals surface area contributed by atoms with Crippen LogP contribution in [0, 0.1) is 17.5 Å². The van der Waals surface area contributed by atoms with Gasteiger partial charge in [0.05, 0.1) is 30.7 Å². The quantitative estimate of drug-likeness (QED) is 0.219. The molecular weight excluding hydrogens is 553 g/mol. The van der Waals surface area contributed by atoms with Crippen LogP contribution in [0.4, 0.5) is 30.4 Å². The largest absolute Gasteiger partial charge is 0.494 e. The minimum Gasteiger partial charge on any atom is -0.494 e. The molecule has 42 heavy (non-hydrogen) atoms. The fourth-order valence-corrected chi connectivity index (χ4v) is 4.30. The summed E-state index contributed by atoms with van der Waals surface area (Å²) in [6, 6.07) is 13.4. The number of amides is 1. The zero-order valence-corrected chi connectivity index (χ0v) is 22.9. The molecular formula is C29H27F3N6O4. The maximum absolute atomic E-state index is 15.4. The number of anilines is 2. The van der Waals surface area contributed by atoms with Gasteiger partial charge in [-0.2, -0.15) is 0 Å². The normalized spacial score (nSPS) is 11.5. The second kappa shape index (κ2) is 12.6. The van der Waals surface area contributed by atoms with E-state index in [0.29, 0.717) is 22.4 Å². The lowest BCUT2D eigenvalue weighted by molar-refractivity contribution is -0.105. The molecule has 218 valence electrons. The molecule has 0 aliphatic heterocycles. The summed E-state index contributed by atoms with van der Waals surface area (Å²) in [5, 5.41) is 2.50. The van der Waals surface area contributed by atoms with Crippen molar-refractivity contribution in [2.75, 3.05) is 38.8 Å². The minimum atomic E-state index is -1.13. The van der Waals surface area contributed by atoms with Crippen LogP contribution in [0.5, 0.6) is 5.75 Å². The summed E-state index contributed by atoms with van der Waals surface area (Å²) in [6.45, 7) is -0.677. The first kappa shape index (κ1) is 29.8. The second-order valence-corrected chi connectivity index (χ2v) is 9.37. The Labute approximate surface area is 238 Å². The molecule has 0 spiro atoms. The Kier molecular flexibility index (Phi) is 8.91. The molecule has 4 rings (SSSR count). The Bertz CT molecular complexity index is 1760. The first-order valence-electron chi connectivity index (χ1n) is 12.5. The molecule has 0 aliphatic carbocycles. The van der Waals surface area contributed by atoms with Gasteiger partial charge in [0, 0.05) is 17.8 Å². The van der Waals surface area contributed by atoms with Crippen molar-refractivity contribution in [1.29, 1.82) is 0 Å². The number of ether oxygens (including phenoxy) is 1. The van der Waals surface area contributed by atoms with Crippen molar-refractivity contribution in [2.45, 2.75) is 6.54 Å². The summed E-state index contributed by atoms with van der Waals surface area (Å²) in [5.41, 5.74) is 3.98. The van der Waals surface area contributed by atoms with Crippen LogP contribution in [0.15, 0.2) is 75.2 Å². The number of nitrogen functional groups attached to an aromatic ring is 1. The lowest BCUT2D eigenvalue weighted by Crippen LogP contribution is -2.45. The van der Waals surface area contributed by atoms with E-state index in [4.69, 9.17) is 10.5 Å². The first-order chi connectivity index (χ1) is 20.1. The molecule has 0 saturated carbocycles. The molecule has 10 nitrogen and oxygen atoms in total. The molecule has 0 atom stereocenters. The summed E-state index contributed by atoms with van der Waals surface area (Å²) in [7, 11) is 4.62. The molecule has 0 unspecified atom stereocenters. The minimum absolute atomic E-state index is 0.0284. The van der Waals surface area contributed by atoms with E-state index < -0.39 is 52.3 Å². The van der Waals surface area contributed by atoms with Crippen molar-refractivity contribution in [1.82, 2.24) is 14.0 Å². The highest BCUT2D eigenvalue weighted by atomic mass is 19.1. The van der Waals surface area contributed by atoms with Crippen molar-refractivity contribution in [2.24, 2.45) is 4.99 Å². The van der Waals surface area contributed by atoms with Crippen LogP contribution in [0.25, 0.3) is 5.69 Å². The maximum atomic E-state index is 15.4. The van der Waals surface area contributed by atoms with Gasteiger partial charge >= 0.3 is 5.69 Å². The van der Waals surface area contributed by atoms with Crippen molar-refractivity contribution < 1.29 is 22.7 Å². The van der Waals surface area contributed by atoms with E-state index in [0.717, 1.165) is 22.8 Å². The van der Waals surface area contributed by atoms with Crippen molar-refractivity contribution in [3.63, 3.8) is 0 Å². The van der Waals surface area contributed by atoms with E-state index in [1.165, 1.54) is 25.3 Å². The zero-order valence-electron chi connectivity index (χ0n) is 22.9. The number of methoxy groups -OCH3 is 1. The Hall–Kier alpha value is -5.17. The summed E-state index contributed by atoms with van der Waals surface area (Å²) >= 11 is 0. The molecule has 0 saturated heterocycles. The highest BCUT2D eigenvalue weighted by Gasteiger charge is 2.26. The number of carbonyl (C=O) groups excluding carboxylic acids is 1. The third-order valence-electron chi connectivity index (χ3n) is 6.28. The molecule has 13 heteroatoms. The number of likely N-dealkylation sites (N-methyl/N-ethyl adjacent to an activating group) is 1.